The number of benzene rings is 2. The highest BCUT2D eigenvalue weighted by atomic mass is 79.9. The second-order valence-electron chi connectivity index (χ2n) is 6.61. The summed E-state index contributed by atoms with van der Waals surface area (Å²) in [6.45, 7) is 7.35. The van der Waals surface area contributed by atoms with Gasteiger partial charge in [-0.3, -0.25) is 0 Å². The highest BCUT2D eigenvalue weighted by Crippen LogP contribution is 2.31. The zero-order chi connectivity index (χ0) is 18.1. The van der Waals surface area contributed by atoms with Crippen LogP contribution in [0.2, 0.25) is 0 Å². The summed E-state index contributed by atoms with van der Waals surface area (Å²) in [4.78, 5) is 0. The van der Waals surface area contributed by atoms with Gasteiger partial charge in [0.25, 0.3) is 0 Å². The minimum absolute atomic E-state index is 0.314. The minimum Gasteiger partial charge on any atom is -0.494 e. The molecule has 138 valence electrons. The number of rotatable bonds is 11. The fourth-order valence-electron chi connectivity index (χ4n) is 3.05. The number of unbranched alkanes of at least 4 members (excludes halogenated alkanes) is 2. The summed E-state index contributed by atoms with van der Waals surface area (Å²) in [5.41, 5.74) is 1.22. The lowest BCUT2D eigenvalue weighted by atomic mass is 10.0. The number of ether oxygens (including phenoxy) is 2. The Balaban J connectivity index is 2.11. The second-order valence-corrected chi connectivity index (χ2v) is 7.40. The quantitative estimate of drug-likeness (QED) is 0.294. The zero-order valence-electron chi connectivity index (χ0n) is 15.8. The van der Waals surface area contributed by atoms with E-state index in [1.165, 1.54) is 35.6 Å². The van der Waals surface area contributed by atoms with Gasteiger partial charge in [-0.2, -0.15) is 0 Å². The monoisotopic (exact) mass is 406 g/mol. The summed E-state index contributed by atoms with van der Waals surface area (Å²) >= 11 is 3.43. The average Bonchev–Trinajstić information content (AvgIpc) is 2.63. The molecule has 0 spiro atoms. The van der Waals surface area contributed by atoms with Crippen molar-refractivity contribution < 1.29 is 9.47 Å². The molecular formula is C22H31BrO2. The summed E-state index contributed by atoms with van der Waals surface area (Å²) in [6.07, 6.45) is 7.32. The molecule has 0 bridgehead atoms. The standard InChI is InChI=1S/C22H31BrO2/c1-4-6-7-9-19(5-2)25-22-13-10-18-16-20(24-15-8-14-23)11-12-21(18)17(22)3/h10-13,16,19H,4-9,14-15H2,1-3H3. The van der Waals surface area contributed by atoms with Crippen molar-refractivity contribution in [2.75, 3.05) is 11.9 Å². The molecule has 0 N–H and O–H groups in total. The van der Waals surface area contributed by atoms with Gasteiger partial charge in [0.1, 0.15) is 11.5 Å². The Morgan fingerprint density at radius 3 is 2.60 bits per heavy atom. The van der Waals surface area contributed by atoms with E-state index in [2.05, 4.69) is 67.0 Å². The molecule has 25 heavy (non-hydrogen) atoms. The highest BCUT2D eigenvalue weighted by molar-refractivity contribution is 9.09. The lowest BCUT2D eigenvalue weighted by Gasteiger charge is -2.20. The molecule has 0 aliphatic heterocycles. The van der Waals surface area contributed by atoms with Crippen LogP contribution in [0.4, 0.5) is 0 Å². The molecule has 2 aromatic rings. The van der Waals surface area contributed by atoms with Crippen molar-refractivity contribution in [2.24, 2.45) is 0 Å². The van der Waals surface area contributed by atoms with Gasteiger partial charge in [-0.15, -0.1) is 0 Å². The number of halogens is 1. The van der Waals surface area contributed by atoms with E-state index in [-0.39, 0.29) is 0 Å². The molecule has 0 saturated carbocycles. The fraction of sp³-hybridized carbons (Fsp3) is 0.545. The maximum absolute atomic E-state index is 6.32. The Morgan fingerprint density at radius 1 is 1.04 bits per heavy atom. The summed E-state index contributed by atoms with van der Waals surface area (Å²) in [5.74, 6) is 1.95. The van der Waals surface area contributed by atoms with E-state index >= 15 is 0 Å². The maximum atomic E-state index is 6.32. The Labute approximate surface area is 161 Å². The van der Waals surface area contributed by atoms with Gasteiger partial charge in [0.05, 0.1) is 12.7 Å². The van der Waals surface area contributed by atoms with Crippen molar-refractivity contribution in [3.8, 4) is 11.5 Å². The summed E-state index contributed by atoms with van der Waals surface area (Å²) in [7, 11) is 0. The average molecular weight is 407 g/mol. The van der Waals surface area contributed by atoms with E-state index < -0.39 is 0 Å². The number of fused-ring (bicyclic) bond motifs is 1. The Morgan fingerprint density at radius 2 is 1.88 bits per heavy atom. The predicted octanol–water partition coefficient (Wildman–Crippen LogP) is 7.05. The molecular weight excluding hydrogens is 376 g/mol. The van der Waals surface area contributed by atoms with Crippen LogP contribution in [-0.2, 0) is 0 Å². The molecule has 0 radical (unpaired) electrons. The summed E-state index contributed by atoms with van der Waals surface area (Å²) in [6, 6.07) is 10.6. The van der Waals surface area contributed by atoms with Crippen molar-refractivity contribution in [3.63, 3.8) is 0 Å². The smallest absolute Gasteiger partial charge is 0.123 e. The van der Waals surface area contributed by atoms with Crippen LogP contribution in [0, 0.1) is 6.92 Å². The first kappa shape index (κ1) is 20.1. The van der Waals surface area contributed by atoms with E-state index in [0.29, 0.717) is 6.10 Å². The minimum atomic E-state index is 0.314. The normalized spacial score (nSPS) is 12.3. The van der Waals surface area contributed by atoms with Gasteiger partial charge in [0.2, 0.25) is 0 Å². The van der Waals surface area contributed by atoms with Crippen molar-refractivity contribution in [3.05, 3.63) is 35.9 Å². The van der Waals surface area contributed by atoms with E-state index in [9.17, 15) is 0 Å². The lowest BCUT2D eigenvalue weighted by molar-refractivity contribution is 0.182. The van der Waals surface area contributed by atoms with Gasteiger partial charge >= 0.3 is 0 Å². The molecule has 0 heterocycles. The summed E-state index contributed by atoms with van der Waals surface area (Å²) < 4.78 is 12.1. The molecule has 2 aromatic carbocycles. The molecule has 0 saturated heterocycles. The molecule has 2 nitrogen and oxygen atoms in total. The van der Waals surface area contributed by atoms with Gasteiger partial charge < -0.3 is 9.47 Å². The van der Waals surface area contributed by atoms with Gasteiger partial charge in [0, 0.05) is 5.33 Å². The molecule has 0 aromatic heterocycles. The maximum Gasteiger partial charge on any atom is 0.123 e. The van der Waals surface area contributed by atoms with Crippen LogP contribution in [0.25, 0.3) is 10.8 Å². The number of hydrogen-bond acceptors (Lipinski definition) is 2. The number of hydrogen-bond donors (Lipinski definition) is 0. The molecule has 1 unspecified atom stereocenters. The van der Waals surface area contributed by atoms with Crippen molar-refractivity contribution in [1.82, 2.24) is 0 Å². The Hall–Kier alpha value is -1.22. The second kappa shape index (κ2) is 10.7. The molecule has 0 fully saturated rings. The van der Waals surface area contributed by atoms with Gasteiger partial charge in [-0.25, -0.2) is 0 Å². The van der Waals surface area contributed by atoms with Gasteiger partial charge in [0.15, 0.2) is 0 Å². The van der Waals surface area contributed by atoms with Gasteiger partial charge in [-0.05, 0) is 67.1 Å². The van der Waals surface area contributed by atoms with Crippen molar-refractivity contribution >= 4 is 26.7 Å². The summed E-state index contributed by atoms with van der Waals surface area (Å²) in [5, 5.41) is 3.42. The van der Waals surface area contributed by atoms with E-state index in [1.807, 2.05) is 0 Å². The fourth-order valence-corrected chi connectivity index (χ4v) is 3.28. The SMILES string of the molecule is CCCCCC(CC)Oc1ccc2cc(OCCCBr)ccc2c1C. The van der Waals surface area contributed by atoms with E-state index in [0.717, 1.165) is 42.7 Å². The van der Waals surface area contributed by atoms with E-state index in [4.69, 9.17) is 9.47 Å². The molecule has 2 rings (SSSR count). The largest absolute Gasteiger partial charge is 0.494 e. The van der Waals surface area contributed by atoms with Gasteiger partial charge in [-0.1, -0.05) is 54.8 Å². The van der Waals surface area contributed by atoms with Crippen LogP contribution >= 0.6 is 15.9 Å². The lowest BCUT2D eigenvalue weighted by Crippen LogP contribution is -2.15. The first-order chi connectivity index (χ1) is 12.2. The zero-order valence-corrected chi connectivity index (χ0v) is 17.4. The number of aryl methyl sites for hydroxylation is 1. The van der Waals surface area contributed by atoms with Crippen LogP contribution in [0.5, 0.6) is 11.5 Å². The molecule has 3 heteroatoms. The first-order valence-electron chi connectivity index (χ1n) is 9.58. The van der Waals surface area contributed by atoms with Crippen LogP contribution in [-0.4, -0.2) is 18.0 Å². The third-order valence-electron chi connectivity index (χ3n) is 4.64. The molecule has 0 aliphatic rings. The predicted molar refractivity (Wildman–Crippen MR) is 111 cm³/mol. The van der Waals surface area contributed by atoms with Crippen molar-refractivity contribution in [1.29, 1.82) is 0 Å². The Kier molecular flexibility index (Phi) is 8.60. The topological polar surface area (TPSA) is 18.5 Å². The van der Waals surface area contributed by atoms with Crippen LogP contribution in [0.1, 0.15) is 57.9 Å². The van der Waals surface area contributed by atoms with Crippen molar-refractivity contribution in [2.45, 2.75) is 65.4 Å². The third-order valence-corrected chi connectivity index (χ3v) is 5.20. The van der Waals surface area contributed by atoms with E-state index in [1.54, 1.807) is 0 Å². The highest BCUT2D eigenvalue weighted by Gasteiger charge is 2.12. The molecule has 0 aliphatic carbocycles. The Bertz CT molecular complexity index is 654. The first-order valence-corrected chi connectivity index (χ1v) is 10.7. The van der Waals surface area contributed by atoms with Crippen LogP contribution in [0.15, 0.2) is 30.3 Å². The molecule has 1 atom stereocenters. The van der Waals surface area contributed by atoms with Crippen LogP contribution in [0.3, 0.4) is 0 Å². The van der Waals surface area contributed by atoms with Crippen LogP contribution < -0.4 is 9.47 Å². The third kappa shape index (κ3) is 5.91. The molecule has 0 amide bonds. The number of alkyl halides is 1.